The molecule has 4 aliphatic rings. The van der Waals surface area contributed by atoms with Crippen LogP contribution in [0.25, 0.3) is 0 Å². The molecule has 0 radical (unpaired) electrons. The number of rotatable bonds is 4. The molecule has 0 fully saturated rings. The summed E-state index contributed by atoms with van der Waals surface area (Å²) in [6.45, 7) is 4.39. The Bertz CT molecular complexity index is 2860. The molecule has 0 aliphatic carbocycles. The zero-order valence-corrected chi connectivity index (χ0v) is 38.3. The Labute approximate surface area is 399 Å². The van der Waals surface area contributed by atoms with Gasteiger partial charge in [-0.15, -0.1) is 0 Å². The van der Waals surface area contributed by atoms with Gasteiger partial charge in [-0.25, -0.2) is 8.78 Å². The Morgan fingerprint density at radius 1 is 0.543 bits per heavy atom. The van der Waals surface area contributed by atoms with Gasteiger partial charge in [0, 0.05) is 47.7 Å². The van der Waals surface area contributed by atoms with Crippen LogP contribution in [-0.2, 0) is 0 Å². The predicted octanol–water partition coefficient (Wildman–Crippen LogP) is 7.85. The van der Waals surface area contributed by atoms with Crippen LogP contribution in [0, 0.1) is 23.3 Å². The number of ether oxygens (including phenoxy) is 2. The summed E-state index contributed by atoms with van der Waals surface area (Å²) in [5, 5.41) is 24.8. The number of pyridine rings is 2. The fourth-order valence-corrected chi connectivity index (χ4v) is 9.94. The van der Waals surface area contributed by atoms with E-state index in [1.807, 2.05) is 74.5 Å². The second-order valence-corrected chi connectivity index (χ2v) is 17.4. The Kier molecular flexibility index (Phi) is 13.3. The highest BCUT2D eigenvalue weighted by molar-refractivity contribution is 5.97. The van der Waals surface area contributed by atoms with Gasteiger partial charge in [0.2, 0.25) is 22.5 Å². The molecule has 4 bridgehead atoms. The van der Waals surface area contributed by atoms with Crippen LogP contribution in [0.4, 0.5) is 17.6 Å². The van der Waals surface area contributed by atoms with Gasteiger partial charge in [0.1, 0.15) is 25.4 Å². The SMILES string of the molecule is CC[C@@H]1CCCOc2c(ccc(F)c2F)[C@H](c2ccccc2)N2CN1C(=O)c1c(O)c(=O)ccn12.CC[C@H]1CCCOc2c(ccc(F)c2F)[C@@H](c2ccccc2)N2CN1C(=O)c1c(O)c(=O)ccn12. The summed E-state index contributed by atoms with van der Waals surface area (Å²) >= 11 is 0. The van der Waals surface area contributed by atoms with Crippen molar-refractivity contribution in [3.8, 4) is 23.0 Å². The van der Waals surface area contributed by atoms with Gasteiger partial charge in [-0.1, -0.05) is 74.5 Å². The van der Waals surface area contributed by atoms with E-state index in [4.69, 9.17) is 9.47 Å². The molecule has 14 nitrogen and oxygen atoms in total. The molecule has 18 heteroatoms. The Morgan fingerprint density at radius 2 is 0.929 bits per heavy atom. The minimum atomic E-state index is -1.08. The minimum Gasteiger partial charge on any atom is -0.502 e. The Morgan fingerprint density at radius 3 is 1.30 bits per heavy atom. The summed E-state index contributed by atoms with van der Waals surface area (Å²) in [5.41, 5.74) is 0.531. The molecule has 0 unspecified atom stereocenters. The smallest absolute Gasteiger partial charge is 0.278 e. The normalized spacial score (nSPS) is 19.9. The molecule has 6 heterocycles. The molecular weight excluding hydrogens is 913 g/mol. The summed E-state index contributed by atoms with van der Waals surface area (Å²) in [4.78, 5) is 55.0. The van der Waals surface area contributed by atoms with Crippen LogP contribution in [-0.4, -0.2) is 79.8 Å². The van der Waals surface area contributed by atoms with Crippen LogP contribution in [0.2, 0.25) is 0 Å². The lowest BCUT2D eigenvalue weighted by atomic mass is 9.96. The minimum absolute atomic E-state index is 0.102. The maximum Gasteiger partial charge on any atom is 0.278 e. The second-order valence-electron chi connectivity index (χ2n) is 17.4. The highest BCUT2D eigenvalue weighted by Gasteiger charge is 2.42. The number of amides is 2. The van der Waals surface area contributed by atoms with Crippen molar-refractivity contribution in [3.63, 3.8) is 0 Å². The third-order valence-corrected chi connectivity index (χ3v) is 13.4. The van der Waals surface area contributed by atoms with Crippen LogP contribution >= 0.6 is 0 Å². The van der Waals surface area contributed by atoms with E-state index in [1.165, 1.54) is 46.0 Å². The molecule has 0 saturated carbocycles. The molecule has 2 amide bonds. The zero-order valence-electron chi connectivity index (χ0n) is 38.3. The quantitative estimate of drug-likeness (QED) is 0.167. The lowest BCUT2D eigenvalue weighted by Gasteiger charge is -2.46. The van der Waals surface area contributed by atoms with Crippen molar-refractivity contribution in [1.82, 2.24) is 19.2 Å². The monoisotopic (exact) mass is 962 g/mol. The van der Waals surface area contributed by atoms with Crippen molar-refractivity contribution >= 4 is 11.8 Å². The molecule has 4 aromatic carbocycles. The number of benzene rings is 4. The van der Waals surface area contributed by atoms with E-state index in [9.17, 15) is 38.2 Å². The summed E-state index contributed by atoms with van der Waals surface area (Å²) < 4.78 is 73.3. The Balaban J connectivity index is 0.000000174. The first-order chi connectivity index (χ1) is 33.8. The van der Waals surface area contributed by atoms with Crippen molar-refractivity contribution in [2.45, 2.75) is 76.5 Å². The number of hydrogen-bond acceptors (Lipinski definition) is 10. The van der Waals surface area contributed by atoms with Gasteiger partial charge in [-0.3, -0.25) is 38.5 Å². The number of carbonyl (C=O) groups is 2. The molecule has 0 saturated heterocycles. The molecule has 0 spiro atoms. The Hall–Kier alpha value is -7.76. The van der Waals surface area contributed by atoms with Crippen LogP contribution < -0.4 is 30.3 Å². The van der Waals surface area contributed by atoms with E-state index >= 15 is 8.78 Å². The summed E-state index contributed by atoms with van der Waals surface area (Å²) in [5.74, 6) is -6.79. The van der Waals surface area contributed by atoms with E-state index in [2.05, 4.69) is 0 Å². The van der Waals surface area contributed by atoms with Crippen molar-refractivity contribution < 1.29 is 46.8 Å². The van der Waals surface area contributed by atoms with E-state index in [0.717, 1.165) is 23.3 Å². The number of nitrogens with zero attached hydrogens (tertiary/aromatic N) is 6. The number of fused-ring (bicyclic) bond motifs is 10. The molecule has 4 atom stereocenters. The molecule has 6 aromatic rings. The van der Waals surface area contributed by atoms with Crippen molar-refractivity contribution in [2.24, 2.45) is 0 Å². The van der Waals surface area contributed by atoms with E-state index in [1.54, 1.807) is 19.8 Å². The average Bonchev–Trinajstić information content (AvgIpc) is 3.41. The van der Waals surface area contributed by atoms with Crippen molar-refractivity contribution in [1.29, 1.82) is 0 Å². The third-order valence-electron chi connectivity index (χ3n) is 13.4. The maximum atomic E-state index is 15.1. The van der Waals surface area contributed by atoms with Crippen LogP contribution in [0.15, 0.2) is 119 Å². The second kappa shape index (κ2) is 19.7. The van der Waals surface area contributed by atoms with E-state index in [0.29, 0.717) is 49.7 Å². The summed E-state index contributed by atoms with van der Waals surface area (Å²) in [6.07, 6.45) is 6.20. The fourth-order valence-electron chi connectivity index (χ4n) is 9.94. The van der Waals surface area contributed by atoms with Crippen molar-refractivity contribution in [2.75, 3.05) is 36.6 Å². The summed E-state index contributed by atoms with van der Waals surface area (Å²) in [6, 6.07) is 23.9. The fraction of sp³-hybridized carbons (Fsp3) is 0.308. The summed E-state index contributed by atoms with van der Waals surface area (Å²) in [7, 11) is 0. The molecule has 4 aliphatic heterocycles. The number of aromatic hydroxyl groups is 2. The van der Waals surface area contributed by atoms with Gasteiger partial charge in [0.05, 0.1) is 13.2 Å². The topological polar surface area (TPSA) is 150 Å². The van der Waals surface area contributed by atoms with Gasteiger partial charge < -0.3 is 29.5 Å². The molecular formula is C52H50F4N6O8. The first kappa shape index (κ1) is 47.3. The lowest BCUT2D eigenvalue weighted by Crippen LogP contribution is -2.58. The maximum absolute atomic E-state index is 15.1. The molecule has 70 heavy (non-hydrogen) atoms. The van der Waals surface area contributed by atoms with E-state index in [-0.39, 0.29) is 61.5 Å². The predicted molar refractivity (Wildman–Crippen MR) is 250 cm³/mol. The van der Waals surface area contributed by atoms with Gasteiger partial charge in [-0.2, -0.15) is 8.78 Å². The van der Waals surface area contributed by atoms with Crippen molar-refractivity contribution in [3.05, 3.63) is 187 Å². The van der Waals surface area contributed by atoms with Crippen LogP contribution in [0.3, 0.4) is 0 Å². The lowest BCUT2D eigenvalue weighted by molar-refractivity contribution is 0.0561. The highest BCUT2D eigenvalue weighted by atomic mass is 19.2. The van der Waals surface area contributed by atoms with Gasteiger partial charge in [0.25, 0.3) is 11.8 Å². The zero-order chi connectivity index (χ0) is 49.4. The molecule has 10 rings (SSSR count). The largest absolute Gasteiger partial charge is 0.502 e. The molecule has 2 N–H and O–H groups in total. The van der Waals surface area contributed by atoms with E-state index < -0.39 is 69.5 Å². The number of halogens is 4. The number of aromatic nitrogens is 2. The van der Waals surface area contributed by atoms with Gasteiger partial charge in [-0.05, 0) is 73.9 Å². The average molecular weight is 963 g/mol. The van der Waals surface area contributed by atoms with Crippen LogP contribution in [0.5, 0.6) is 23.0 Å². The first-order valence-corrected chi connectivity index (χ1v) is 23.2. The number of carbonyl (C=O) groups excluding carboxylic acids is 2. The molecule has 2 aromatic heterocycles. The molecule has 364 valence electrons. The van der Waals surface area contributed by atoms with Gasteiger partial charge in [0.15, 0.2) is 46.0 Å². The number of hydrogen-bond donors (Lipinski definition) is 2. The highest BCUT2D eigenvalue weighted by Crippen LogP contribution is 2.42. The van der Waals surface area contributed by atoms with Gasteiger partial charge >= 0.3 is 0 Å². The first-order valence-electron chi connectivity index (χ1n) is 23.2. The standard InChI is InChI=1S/2C26H25F2N3O4/c2*1-2-17-9-6-14-35-25-18(10-11-19(27)21(25)28)22(16-7-4-3-5-8-16)31-15-29(17)26(34)23-24(33)20(32)12-13-30(23)31/h2*3-5,7-8,10-13,17,22,33H,2,6,9,14-15H2,1H3/t2*17-,22+/m10/s1. The third kappa shape index (κ3) is 8.44. The van der Waals surface area contributed by atoms with Crippen LogP contribution in [0.1, 0.15) is 108 Å².